The van der Waals surface area contributed by atoms with Crippen molar-refractivity contribution in [3.05, 3.63) is 105 Å². The Kier molecular flexibility index (Phi) is 7.67. The minimum atomic E-state index is -0.733. The highest BCUT2D eigenvalue weighted by Gasteiger charge is 2.24. The molecule has 5 aromatic rings. The number of hydrogen-bond acceptors (Lipinski definition) is 6. The second kappa shape index (κ2) is 11.5. The van der Waals surface area contributed by atoms with Crippen molar-refractivity contribution >= 4 is 62.8 Å². The van der Waals surface area contributed by atoms with E-state index < -0.39 is 5.82 Å². The molecule has 0 amide bonds. The predicted octanol–water partition coefficient (Wildman–Crippen LogP) is 8.86. The van der Waals surface area contributed by atoms with Crippen LogP contribution in [0.25, 0.3) is 10.9 Å². The second-order valence-corrected chi connectivity index (χ2v) is 11.1. The van der Waals surface area contributed by atoms with Gasteiger partial charge in [-0.25, -0.2) is 9.07 Å². The van der Waals surface area contributed by atoms with Crippen LogP contribution in [-0.4, -0.2) is 20.0 Å². The van der Waals surface area contributed by atoms with Gasteiger partial charge in [0.05, 0.1) is 56.5 Å². The van der Waals surface area contributed by atoms with Crippen LogP contribution in [-0.2, 0) is 0 Å². The molecule has 7 nitrogen and oxygen atoms in total. The number of hydrogen-bond donors (Lipinski definition) is 2. The number of anilines is 3. The van der Waals surface area contributed by atoms with Crippen LogP contribution in [0.3, 0.4) is 0 Å². The summed E-state index contributed by atoms with van der Waals surface area (Å²) >= 11 is 18.6. The normalized spacial score (nSPS) is 14.2. The first-order chi connectivity index (χ1) is 19.9. The number of nitrogens with zero attached hydrogens (tertiary/aromatic N) is 5. The van der Waals surface area contributed by atoms with Gasteiger partial charge in [-0.05, 0) is 42.7 Å². The van der Waals surface area contributed by atoms with Crippen molar-refractivity contribution in [1.29, 1.82) is 5.26 Å². The van der Waals surface area contributed by atoms with Crippen molar-refractivity contribution in [1.82, 2.24) is 20.0 Å². The number of nitrogens with one attached hydrogen (secondary N) is 2. The van der Waals surface area contributed by atoms with Crippen LogP contribution >= 0.6 is 34.8 Å². The number of pyridine rings is 1. The Labute approximate surface area is 250 Å². The molecule has 0 unspecified atom stereocenters. The van der Waals surface area contributed by atoms with Gasteiger partial charge in [0.25, 0.3) is 0 Å². The molecule has 1 atom stereocenters. The molecule has 1 fully saturated rings. The molecule has 6 rings (SSSR count). The molecule has 0 bridgehead atoms. The minimum Gasteiger partial charge on any atom is -0.371 e. The van der Waals surface area contributed by atoms with Gasteiger partial charge in [-0.3, -0.25) is 4.98 Å². The van der Waals surface area contributed by atoms with Gasteiger partial charge in [0.15, 0.2) is 5.82 Å². The van der Waals surface area contributed by atoms with Crippen molar-refractivity contribution in [2.24, 2.45) is 0 Å². The lowest BCUT2D eigenvalue weighted by Crippen LogP contribution is -2.14. The number of benzene rings is 3. The van der Waals surface area contributed by atoms with E-state index in [1.54, 1.807) is 12.1 Å². The largest absolute Gasteiger partial charge is 0.371 e. The lowest BCUT2D eigenvalue weighted by Gasteiger charge is -2.21. The monoisotopic (exact) mass is 605 g/mol. The highest BCUT2D eigenvalue weighted by Crippen LogP contribution is 2.39. The van der Waals surface area contributed by atoms with E-state index in [9.17, 15) is 9.65 Å². The summed E-state index contributed by atoms with van der Waals surface area (Å²) in [6, 6.07) is 18.4. The standard InChI is InChI=1S/C30H23Cl3FN7/c31-19-12-21-28(37-23-11-10-22(32)26(33)27(23)34)18(14-35)15-36-30(21)24(13-19)38-29(17-6-2-1-3-7-17)25-16-41(40-39-25)20-8-4-5-9-20/h1-3,6-7,10-13,15-16,20,29,38H,4-5,8-9H2,(H,36,37)/t29-/m0/s1. The van der Waals surface area contributed by atoms with Gasteiger partial charge < -0.3 is 10.6 Å². The van der Waals surface area contributed by atoms with Crippen LogP contribution < -0.4 is 10.6 Å². The van der Waals surface area contributed by atoms with Gasteiger partial charge in [-0.1, -0.05) is 83.2 Å². The average Bonchev–Trinajstić information content (AvgIpc) is 3.69. The summed E-state index contributed by atoms with van der Waals surface area (Å²) in [7, 11) is 0. The third-order valence-electron chi connectivity index (χ3n) is 7.31. The fourth-order valence-corrected chi connectivity index (χ4v) is 5.78. The summed E-state index contributed by atoms with van der Waals surface area (Å²) in [5.41, 5.74) is 3.46. The van der Waals surface area contributed by atoms with E-state index >= 15 is 0 Å². The van der Waals surface area contributed by atoms with Crippen molar-refractivity contribution in [2.45, 2.75) is 37.8 Å². The maximum atomic E-state index is 15.0. The van der Waals surface area contributed by atoms with E-state index in [4.69, 9.17) is 34.8 Å². The Morgan fingerprint density at radius 1 is 1.02 bits per heavy atom. The van der Waals surface area contributed by atoms with Crippen molar-refractivity contribution in [3.63, 3.8) is 0 Å². The predicted molar refractivity (Wildman–Crippen MR) is 161 cm³/mol. The van der Waals surface area contributed by atoms with Gasteiger partial charge in [0.1, 0.15) is 11.8 Å². The second-order valence-electron chi connectivity index (χ2n) is 9.91. The van der Waals surface area contributed by atoms with Crippen LogP contribution in [0.1, 0.15) is 54.6 Å². The van der Waals surface area contributed by atoms with Gasteiger partial charge in [0.2, 0.25) is 0 Å². The van der Waals surface area contributed by atoms with Gasteiger partial charge in [0, 0.05) is 16.6 Å². The molecule has 2 heterocycles. The first-order valence-corrected chi connectivity index (χ1v) is 14.2. The average molecular weight is 607 g/mol. The van der Waals surface area contributed by atoms with Crippen molar-refractivity contribution in [2.75, 3.05) is 10.6 Å². The third-order valence-corrected chi connectivity index (χ3v) is 8.31. The SMILES string of the molecule is N#Cc1cnc2c(N[C@@H](c3ccccc3)c3cn(C4CCCC4)nn3)cc(Cl)cc2c1Nc1ccc(Cl)c(Cl)c1F. The molecule has 0 aliphatic heterocycles. The topological polar surface area (TPSA) is 91.5 Å². The molecule has 41 heavy (non-hydrogen) atoms. The summed E-state index contributed by atoms with van der Waals surface area (Å²) in [6.07, 6.45) is 7.99. The summed E-state index contributed by atoms with van der Waals surface area (Å²) in [4.78, 5) is 4.59. The van der Waals surface area contributed by atoms with E-state index in [1.807, 2.05) is 41.2 Å². The molecule has 0 saturated heterocycles. The summed E-state index contributed by atoms with van der Waals surface area (Å²) in [6.45, 7) is 0. The van der Waals surface area contributed by atoms with Crippen LogP contribution in [0.5, 0.6) is 0 Å². The van der Waals surface area contributed by atoms with Crippen LogP contribution in [0.2, 0.25) is 15.1 Å². The molecule has 2 aromatic heterocycles. The molecular weight excluding hydrogens is 584 g/mol. The van der Waals surface area contributed by atoms with E-state index in [1.165, 1.54) is 31.2 Å². The van der Waals surface area contributed by atoms with Gasteiger partial charge >= 0.3 is 0 Å². The molecule has 1 aliphatic carbocycles. The number of aromatic nitrogens is 4. The first-order valence-electron chi connectivity index (χ1n) is 13.1. The number of rotatable bonds is 7. The zero-order chi connectivity index (χ0) is 28.5. The smallest absolute Gasteiger partial charge is 0.166 e. The van der Waals surface area contributed by atoms with E-state index in [2.05, 4.69) is 32.0 Å². The van der Waals surface area contributed by atoms with Crippen LogP contribution in [0.4, 0.5) is 21.5 Å². The number of halogens is 4. The molecule has 206 valence electrons. The molecule has 0 spiro atoms. The Morgan fingerprint density at radius 2 is 1.80 bits per heavy atom. The van der Waals surface area contributed by atoms with E-state index in [-0.39, 0.29) is 27.3 Å². The molecule has 1 aliphatic rings. The van der Waals surface area contributed by atoms with Crippen LogP contribution in [0.15, 0.2) is 67.0 Å². The molecule has 0 radical (unpaired) electrons. The highest BCUT2D eigenvalue weighted by atomic mass is 35.5. The third kappa shape index (κ3) is 5.41. The molecule has 1 saturated carbocycles. The maximum Gasteiger partial charge on any atom is 0.166 e. The Bertz CT molecular complexity index is 1780. The molecular formula is C30H23Cl3FN7. The van der Waals surface area contributed by atoms with E-state index in [0.717, 1.165) is 24.1 Å². The molecule has 2 N–H and O–H groups in total. The molecule has 11 heteroatoms. The first kappa shape index (κ1) is 27.3. The summed E-state index contributed by atoms with van der Waals surface area (Å²) < 4.78 is 16.9. The van der Waals surface area contributed by atoms with Gasteiger partial charge in [-0.15, -0.1) is 5.10 Å². The Balaban J connectivity index is 1.45. The lowest BCUT2D eigenvalue weighted by molar-refractivity contribution is 0.454. The zero-order valence-electron chi connectivity index (χ0n) is 21.6. The zero-order valence-corrected chi connectivity index (χ0v) is 23.8. The molecule has 3 aromatic carbocycles. The number of fused-ring (bicyclic) bond motifs is 1. The Hall–Kier alpha value is -3.90. The maximum absolute atomic E-state index is 15.0. The quantitative estimate of drug-likeness (QED) is 0.180. The number of nitriles is 1. The lowest BCUT2D eigenvalue weighted by atomic mass is 10.0. The van der Waals surface area contributed by atoms with Gasteiger partial charge in [-0.2, -0.15) is 5.26 Å². The summed E-state index contributed by atoms with van der Waals surface area (Å²) in [5.74, 6) is -0.733. The van der Waals surface area contributed by atoms with Crippen molar-refractivity contribution in [3.8, 4) is 6.07 Å². The van der Waals surface area contributed by atoms with E-state index in [0.29, 0.717) is 33.3 Å². The van der Waals surface area contributed by atoms with Crippen molar-refractivity contribution < 1.29 is 4.39 Å². The fraction of sp³-hybridized carbons (Fsp3) is 0.200. The minimum absolute atomic E-state index is 0.0589. The van der Waals surface area contributed by atoms with Crippen LogP contribution in [0, 0.1) is 17.1 Å². The highest BCUT2D eigenvalue weighted by molar-refractivity contribution is 6.42. The summed E-state index contributed by atoms with van der Waals surface area (Å²) in [5, 5.41) is 26.2. The fourth-order valence-electron chi connectivity index (χ4n) is 5.25. The Morgan fingerprint density at radius 3 is 2.56 bits per heavy atom.